The molecule has 16 heavy (non-hydrogen) atoms. The highest BCUT2D eigenvalue weighted by molar-refractivity contribution is 5.21. The number of hydrogen-bond donors (Lipinski definition) is 0. The molecule has 0 N–H and O–H groups in total. The molecule has 0 aliphatic heterocycles. The molecule has 0 saturated carbocycles. The van der Waals surface area contributed by atoms with Crippen molar-refractivity contribution in [2.45, 2.75) is 53.9 Å². The summed E-state index contributed by atoms with van der Waals surface area (Å²) in [6, 6.07) is 0. The van der Waals surface area contributed by atoms with Crippen molar-refractivity contribution in [3.8, 4) is 0 Å². The molecule has 0 aromatic rings. The predicted octanol–water partition coefficient (Wildman–Crippen LogP) is 6.07. The van der Waals surface area contributed by atoms with Gasteiger partial charge in [0, 0.05) is 0 Å². The second kappa shape index (κ2) is 16.6. The standard InChI is InChI=1S/C11H19F.C2H6.C2H4/c1-5-7-9(3)8-11(6-2)10(4)12;2*1-2/h6,9H,4-5,7-8H2,1-3H3;1-2H3;1-2H2/b11-6-;;. The molecule has 0 nitrogen and oxygen atoms in total. The van der Waals surface area contributed by atoms with Crippen LogP contribution in [0.15, 0.2) is 37.2 Å². The van der Waals surface area contributed by atoms with Crippen molar-refractivity contribution in [2.24, 2.45) is 5.92 Å². The molecule has 0 bridgehead atoms. The average Bonchev–Trinajstić information content (AvgIpc) is 2.31. The van der Waals surface area contributed by atoms with Crippen LogP contribution < -0.4 is 0 Å². The monoisotopic (exact) mass is 228 g/mol. The molecule has 0 aliphatic carbocycles. The second-order valence-electron chi connectivity index (χ2n) is 3.32. The van der Waals surface area contributed by atoms with Gasteiger partial charge in [0.2, 0.25) is 0 Å². The lowest BCUT2D eigenvalue weighted by Gasteiger charge is -2.10. The molecule has 0 radical (unpaired) electrons. The Kier molecular flexibility index (Phi) is 21.3. The van der Waals surface area contributed by atoms with E-state index in [1.54, 1.807) is 0 Å². The number of hydrogen-bond acceptors (Lipinski definition) is 0. The molecular formula is C15H29F. The number of allylic oxidation sites excluding steroid dienone is 3. The number of rotatable bonds is 5. The topological polar surface area (TPSA) is 0 Å². The van der Waals surface area contributed by atoms with Gasteiger partial charge < -0.3 is 0 Å². The van der Waals surface area contributed by atoms with E-state index in [-0.39, 0.29) is 5.83 Å². The van der Waals surface area contributed by atoms with Gasteiger partial charge in [-0.2, -0.15) is 0 Å². The van der Waals surface area contributed by atoms with Gasteiger partial charge in [0.1, 0.15) is 5.83 Å². The fourth-order valence-corrected chi connectivity index (χ4v) is 1.36. The van der Waals surface area contributed by atoms with Crippen molar-refractivity contribution in [1.29, 1.82) is 0 Å². The summed E-state index contributed by atoms with van der Waals surface area (Å²) in [6.45, 7) is 19.5. The highest BCUT2D eigenvalue weighted by atomic mass is 19.1. The molecule has 0 spiro atoms. The molecule has 0 heterocycles. The summed E-state index contributed by atoms with van der Waals surface area (Å²) in [4.78, 5) is 0. The van der Waals surface area contributed by atoms with Crippen molar-refractivity contribution in [1.82, 2.24) is 0 Å². The minimum atomic E-state index is -0.277. The molecule has 0 aliphatic rings. The van der Waals surface area contributed by atoms with Crippen LogP contribution in [0.25, 0.3) is 0 Å². The van der Waals surface area contributed by atoms with Crippen LogP contribution in [-0.4, -0.2) is 0 Å². The van der Waals surface area contributed by atoms with Gasteiger partial charge >= 0.3 is 0 Å². The fraction of sp³-hybridized carbons (Fsp3) is 0.600. The first kappa shape index (κ1) is 20.5. The van der Waals surface area contributed by atoms with Gasteiger partial charge in [-0.3, -0.25) is 0 Å². The van der Waals surface area contributed by atoms with Crippen molar-refractivity contribution >= 4 is 0 Å². The normalized spacial score (nSPS) is 11.5. The summed E-state index contributed by atoms with van der Waals surface area (Å²) in [5.74, 6) is 0.286. The van der Waals surface area contributed by atoms with E-state index >= 15 is 0 Å². The summed E-state index contributed by atoms with van der Waals surface area (Å²) < 4.78 is 12.7. The molecule has 96 valence electrons. The fourth-order valence-electron chi connectivity index (χ4n) is 1.36. The van der Waals surface area contributed by atoms with E-state index in [0.29, 0.717) is 5.92 Å². The summed E-state index contributed by atoms with van der Waals surface area (Å²) in [7, 11) is 0. The molecule has 1 atom stereocenters. The van der Waals surface area contributed by atoms with Crippen molar-refractivity contribution in [3.05, 3.63) is 37.2 Å². The Morgan fingerprint density at radius 3 is 2.00 bits per heavy atom. The van der Waals surface area contributed by atoms with Crippen LogP contribution in [0.2, 0.25) is 0 Å². The van der Waals surface area contributed by atoms with Crippen LogP contribution in [0.1, 0.15) is 53.9 Å². The Balaban J connectivity index is -0.000000376. The molecule has 1 unspecified atom stereocenters. The van der Waals surface area contributed by atoms with E-state index in [9.17, 15) is 4.39 Å². The third-order valence-electron chi connectivity index (χ3n) is 2.05. The van der Waals surface area contributed by atoms with Gasteiger partial charge in [-0.05, 0) is 24.8 Å². The summed E-state index contributed by atoms with van der Waals surface area (Å²) in [6.07, 6.45) is 4.95. The second-order valence-corrected chi connectivity index (χ2v) is 3.32. The number of halogens is 1. The van der Waals surface area contributed by atoms with Gasteiger partial charge in [-0.15, -0.1) is 13.2 Å². The average molecular weight is 228 g/mol. The lowest BCUT2D eigenvalue weighted by Crippen LogP contribution is -1.96. The minimum Gasteiger partial charge on any atom is -0.207 e. The third-order valence-corrected chi connectivity index (χ3v) is 2.05. The minimum absolute atomic E-state index is 0.277. The van der Waals surface area contributed by atoms with E-state index in [2.05, 4.69) is 33.6 Å². The smallest absolute Gasteiger partial charge is 0.118 e. The van der Waals surface area contributed by atoms with Crippen LogP contribution in [0.5, 0.6) is 0 Å². The van der Waals surface area contributed by atoms with Crippen LogP contribution in [-0.2, 0) is 0 Å². The summed E-state index contributed by atoms with van der Waals surface area (Å²) in [5, 5.41) is 0. The van der Waals surface area contributed by atoms with Gasteiger partial charge in [0.05, 0.1) is 0 Å². The molecule has 0 amide bonds. The molecule has 0 rings (SSSR count). The quantitative estimate of drug-likeness (QED) is 0.395. The van der Waals surface area contributed by atoms with Gasteiger partial charge in [-0.1, -0.05) is 53.2 Å². The SMILES string of the molecule is C=C.C=C(F)/C(=C\C)CC(C)CCC.CC. The Hall–Kier alpha value is -0.850. The Morgan fingerprint density at radius 2 is 1.75 bits per heavy atom. The summed E-state index contributed by atoms with van der Waals surface area (Å²) in [5.41, 5.74) is 0.760. The van der Waals surface area contributed by atoms with Crippen LogP contribution >= 0.6 is 0 Å². The molecule has 0 fully saturated rings. The Morgan fingerprint density at radius 1 is 1.31 bits per heavy atom. The highest BCUT2D eigenvalue weighted by Gasteiger charge is 2.06. The van der Waals surface area contributed by atoms with Gasteiger partial charge in [0.25, 0.3) is 0 Å². The largest absolute Gasteiger partial charge is 0.207 e. The van der Waals surface area contributed by atoms with Crippen molar-refractivity contribution < 1.29 is 4.39 Å². The summed E-state index contributed by atoms with van der Waals surface area (Å²) >= 11 is 0. The molecule has 1 heteroatoms. The predicted molar refractivity (Wildman–Crippen MR) is 75.3 cm³/mol. The van der Waals surface area contributed by atoms with E-state index in [0.717, 1.165) is 24.8 Å². The molecular weight excluding hydrogens is 199 g/mol. The maximum atomic E-state index is 12.7. The van der Waals surface area contributed by atoms with Crippen LogP contribution in [0, 0.1) is 5.92 Å². The van der Waals surface area contributed by atoms with Crippen molar-refractivity contribution in [2.75, 3.05) is 0 Å². The van der Waals surface area contributed by atoms with E-state index < -0.39 is 0 Å². The molecule has 0 aromatic heterocycles. The van der Waals surface area contributed by atoms with E-state index in [1.807, 2.05) is 26.8 Å². The maximum Gasteiger partial charge on any atom is 0.118 e. The first-order chi connectivity index (χ1) is 7.61. The van der Waals surface area contributed by atoms with Crippen LogP contribution in [0.3, 0.4) is 0 Å². The zero-order valence-electron chi connectivity index (χ0n) is 11.8. The zero-order chi connectivity index (χ0) is 13.6. The van der Waals surface area contributed by atoms with Crippen LogP contribution in [0.4, 0.5) is 4.39 Å². The maximum absolute atomic E-state index is 12.7. The lowest BCUT2D eigenvalue weighted by atomic mass is 9.96. The van der Waals surface area contributed by atoms with Crippen molar-refractivity contribution in [3.63, 3.8) is 0 Å². The zero-order valence-corrected chi connectivity index (χ0v) is 11.8. The Bertz CT molecular complexity index is 180. The highest BCUT2D eigenvalue weighted by Crippen LogP contribution is 2.21. The van der Waals surface area contributed by atoms with Gasteiger partial charge in [0.15, 0.2) is 0 Å². The van der Waals surface area contributed by atoms with E-state index in [1.165, 1.54) is 0 Å². The third kappa shape index (κ3) is 13.2. The van der Waals surface area contributed by atoms with Gasteiger partial charge in [-0.25, -0.2) is 4.39 Å². The molecule has 0 aromatic carbocycles. The Labute approximate surface area is 102 Å². The lowest BCUT2D eigenvalue weighted by molar-refractivity contribution is 0.507. The first-order valence-corrected chi connectivity index (χ1v) is 6.11. The van der Waals surface area contributed by atoms with E-state index in [4.69, 9.17) is 0 Å². The first-order valence-electron chi connectivity index (χ1n) is 6.11. The molecule has 0 saturated heterocycles.